The van der Waals surface area contributed by atoms with Crippen LogP contribution in [0, 0.1) is 11.8 Å². The number of aliphatic hydroxyl groups is 2. The number of aromatic nitrogens is 4. The van der Waals surface area contributed by atoms with E-state index >= 15 is 0 Å². The van der Waals surface area contributed by atoms with Crippen molar-refractivity contribution in [1.82, 2.24) is 18.8 Å². The number of benzene rings is 2. The molecule has 0 unspecified atom stereocenters. The van der Waals surface area contributed by atoms with Crippen molar-refractivity contribution in [3.8, 4) is 0 Å². The van der Waals surface area contributed by atoms with Gasteiger partial charge in [0.1, 0.15) is 0 Å². The second kappa shape index (κ2) is 16.1. The summed E-state index contributed by atoms with van der Waals surface area (Å²) in [7, 11) is 0. The number of pyridine rings is 2. The van der Waals surface area contributed by atoms with Gasteiger partial charge in [-0.2, -0.15) is 0 Å². The van der Waals surface area contributed by atoms with Crippen molar-refractivity contribution in [2.75, 3.05) is 0 Å². The molecule has 58 heavy (non-hydrogen) atoms. The van der Waals surface area contributed by atoms with Crippen LogP contribution in [0.2, 0.25) is 0 Å². The molecule has 300 valence electrons. The number of carboxylic acid groups (broad SMARTS) is 2. The van der Waals surface area contributed by atoms with Crippen molar-refractivity contribution in [3.05, 3.63) is 143 Å². The smallest absolute Gasteiger partial charge is 0.335 e. The lowest BCUT2D eigenvalue weighted by molar-refractivity contribution is 0.0686. The molecule has 0 aliphatic heterocycles. The Kier molecular flexibility index (Phi) is 10.6. The standard InChI is InChI=1S/2C24H26N2O3/c2*27-23(22-21(17-5-6-17)12-11-20-13-25-14-26(20)22)18-7-1-15(2-8-18)16-3-9-19(10-4-16)24(28)29/h2*3-4,9-15,17-18,23,27H,1-2,5-8H2,(H,28,29)/t2*15?,18?,23-/m10/s1. The van der Waals surface area contributed by atoms with Gasteiger partial charge in [0, 0.05) is 0 Å². The quantitative estimate of drug-likeness (QED) is 0.107. The van der Waals surface area contributed by atoms with E-state index in [1.54, 1.807) is 24.3 Å². The van der Waals surface area contributed by atoms with Gasteiger partial charge in [-0.15, -0.1) is 0 Å². The highest BCUT2D eigenvalue weighted by molar-refractivity contribution is 5.88. The maximum absolute atomic E-state index is 11.4. The number of aliphatic hydroxyl groups excluding tert-OH is 2. The summed E-state index contributed by atoms with van der Waals surface area (Å²) in [6, 6.07) is 23.1. The average molecular weight is 781 g/mol. The SMILES string of the molecule is O=C(O)c1ccc(C2CCC([C@@H](O)c3c(C4CC4)ccc4cncn34)CC2)cc1.O=C(O)c1ccc(C2CCC([C@H](O)c3c(C4CC4)ccc4cncn34)CC2)cc1. The molecule has 10 nitrogen and oxygen atoms in total. The fraction of sp³-hybridized carbons (Fsp3) is 0.417. The molecule has 4 fully saturated rings. The number of imidazole rings is 2. The molecule has 4 aromatic heterocycles. The minimum Gasteiger partial charge on any atom is -0.478 e. The summed E-state index contributed by atoms with van der Waals surface area (Å²) < 4.78 is 4.16. The third-order valence-corrected chi connectivity index (χ3v) is 13.6. The Bertz CT molecular complexity index is 2230. The number of hydrogen-bond acceptors (Lipinski definition) is 6. The predicted octanol–water partition coefficient (Wildman–Crippen LogP) is 9.83. The number of carbonyl (C=O) groups is 2. The molecule has 10 rings (SSSR count). The molecule has 0 spiro atoms. The van der Waals surface area contributed by atoms with E-state index in [0.717, 1.165) is 73.8 Å². The highest BCUT2D eigenvalue weighted by atomic mass is 16.4. The van der Waals surface area contributed by atoms with Crippen molar-refractivity contribution in [2.24, 2.45) is 11.8 Å². The summed E-state index contributed by atoms with van der Waals surface area (Å²) in [4.78, 5) is 30.7. The molecule has 0 amide bonds. The van der Waals surface area contributed by atoms with Crippen LogP contribution in [-0.2, 0) is 0 Å². The zero-order chi connectivity index (χ0) is 39.9. The lowest BCUT2D eigenvalue weighted by Gasteiger charge is -2.33. The van der Waals surface area contributed by atoms with Crippen LogP contribution in [0.4, 0.5) is 0 Å². The molecule has 0 saturated heterocycles. The van der Waals surface area contributed by atoms with Gasteiger partial charge in [-0.3, -0.25) is 0 Å². The van der Waals surface area contributed by atoms with E-state index in [9.17, 15) is 19.8 Å². The van der Waals surface area contributed by atoms with Gasteiger partial charge < -0.3 is 29.2 Å². The Hall–Kier alpha value is -5.32. The lowest BCUT2D eigenvalue weighted by atomic mass is 9.75. The maximum Gasteiger partial charge on any atom is 0.335 e. The first-order valence-electron chi connectivity index (χ1n) is 21.2. The average Bonchev–Trinajstić information content (AvgIpc) is 4.19. The molecule has 4 N–H and O–H groups in total. The number of carboxylic acids is 2. The molecule has 2 atom stereocenters. The topological polar surface area (TPSA) is 150 Å². The van der Waals surface area contributed by atoms with Crippen molar-refractivity contribution in [1.29, 1.82) is 0 Å². The highest BCUT2D eigenvalue weighted by Gasteiger charge is 2.36. The van der Waals surface area contributed by atoms with Crippen molar-refractivity contribution in [3.63, 3.8) is 0 Å². The van der Waals surface area contributed by atoms with Gasteiger partial charge in [0.15, 0.2) is 0 Å². The minimum atomic E-state index is -0.886. The number of fused-ring (bicyclic) bond motifs is 2. The predicted molar refractivity (Wildman–Crippen MR) is 220 cm³/mol. The van der Waals surface area contributed by atoms with Crippen LogP contribution < -0.4 is 0 Å². The van der Waals surface area contributed by atoms with Crippen LogP contribution in [0.15, 0.2) is 97.8 Å². The molecule has 4 saturated carbocycles. The Morgan fingerprint density at radius 2 is 0.828 bits per heavy atom. The zero-order valence-corrected chi connectivity index (χ0v) is 32.7. The van der Waals surface area contributed by atoms with Crippen LogP contribution >= 0.6 is 0 Å². The molecule has 4 aliphatic carbocycles. The first kappa shape index (κ1) is 38.2. The van der Waals surface area contributed by atoms with Gasteiger partial charge in [0.2, 0.25) is 0 Å². The van der Waals surface area contributed by atoms with E-state index in [-0.39, 0.29) is 11.8 Å². The normalized spacial score (nSPS) is 23.2. The van der Waals surface area contributed by atoms with Crippen molar-refractivity contribution >= 4 is 23.0 Å². The summed E-state index contributed by atoms with van der Waals surface area (Å²) in [5, 5.41) is 40.9. The first-order chi connectivity index (χ1) is 28.2. The van der Waals surface area contributed by atoms with E-state index in [2.05, 4.69) is 43.0 Å². The van der Waals surface area contributed by atoms with E-state index in [0.29, 0.717) is 34.8 Å². The van der Waals surface area contributed by atoms with Gasteiger partial charge in [-0.05, 0) is 171 Å². The molecule has 10 heteroatoms. The van der Waals surface area contributed by atoms with Gasteiger partial charge in [-0.1, -0.05) is 36.4 Å². The van der Waals surface area contributed by atoms with Crippen molar-refractivity contribution < 1.29 is 30.0 Å². The van der Waals surface area contributed by atoms with Gasteiger partial charge in [0.25, 0.3) is 0 Å². The summed E-state index contributed by atoms with van der Waals surface area (Å²) >= 11 is 0. The van der Waals surface area contributed by atoms with E-state index in [4.69, 9.17) is 10.2 Å². The molecule has 4 aliphatic rings. The van der Waals surface area contributed by atoms with Crippen LogP contribution in [0.5, 0.6) is 0 Å². The first-order valence-corrected chi connectivity index (χ1v) is 21.2. The van der Waals surface area contributed by atoms with E-state index in [1.807, 2.05) is 49.3 Å². The molecule has 0 radical (unpaired) electrons. The molecular formula is C48H52N4O6. The third kappa shape index (κ3) is 7.79. The number of aromatic carboxylic acids is 2. The van der Waals surface area contributed by atoms with Crippen LogP contribution in [0.1, 0.15) is 167 Å². The molecule has 0 bridgehead atoms. The summed E-state index contributed by atoms with van der Waals surface area (Å²) in [6.07, 6.45) is 19.2. The Labute approximate surface area is 338 Å². The van der Waals surface area contributed by atoms with Crippen LogP contribution in [0.25, 0.3) is 11.0 Å². The van der Waals surface area contributed by atoms with E-state index < -0.39 is 24.1 Å². The van der Waals surface area contributed by atoms with Gasteiger partial charge >= 0.3 is 11.9 Å². The van der Waals surface area contributed by atoms with Crippen LogP contribution in [-0.4, -0.2) is 51.1 Å². The Balaban J connectivity index is 0.000000150. The summed E-state index contributed by atoms with van der Waals surface area (Å²) in [6.45, 7) is 0. The molecule has 4 heterocycles. The second-order valence-electron chi connectivity index (χ2n) is 17.2. The minimum absolute atomic E-state index is 0.245. The Morgan fingerprint density at radius 1 is 0.483 bits per heavy atom. The lowest BCUT2D eigenvalue weighted by Crippen LogP contribution is -2.22. The summed E-state index contributed by atoms with van der Waals surface area (Å²) in [5.74, 6) is 0.754. The molecular weight excluding hydrogens is 729 g/mol. The number of rotatable bonds is 10. The molecule has 2 aromatic carbocycles. The molecule has 6 aromatic rings. The fourth-order valence-corrected chi connectivity index (χ4v) is 9.94. The van der Waals surface area contributed by atoms with E-state index in [1.165, 1.54) is 47.9 Å². The van der Waals surface area contributed by atoms with Crippen LogP contribution in [0.3, 0.4) is 0 Å². The fourth-order valence-electron chi connectivity index (χ4n) is 9.94. The Morgan fingerprint density at radius 3 is 1.16 bits per heavy atom. The monoisotopic (exact) mass is 780 g/mol. The second-order valence-corrected chi connectivity index (χ2v) is 17.2. The maximum atomic E-state index is 11.4. The number of hydrogen-bond donors (Lipinski definition) is 4. The van der Waals surface area contributed by atoms with Gasteiger partial charge in [-0.25, -0.2) is 19.6 Å². The summed E-state index contributed by atoms with van der Waals surface area (Å²) in [5.41, 5.74) is 9.80. The largest absolute Gasteiger partial charge is 0.478 e. The van der Waals surface area contributed by atoms with Crippen molar-refractivity contribution in [2.45, 2.75) is 113 Å². The highest BCUT2D eigenvalue weighted by Crippen LogP contribution is 2.48. The number of nitrogens with zero attached hydrogens (tertiary/aromatic N) is 4. The zero-order valence-electron chi connectivity index (χ0n) is 32.7. The third-order valence-electron chi connectivity index (χ3n) is 13.6. The van der Waals surface area contributed by atoms with Gasteiger partial charge in [0.05, 0.1) is 70.8 Å².